The molecule has 2 nitrogen and oxygen atoms in total. The first-order valence-electron chi connectivity index (χ1n) is 7.78. The van der Waals surface area contributed by atoms with E-state index in [1.807, 2.05) is 24.3 Å². The molecular formula is C20H18O2. The fourth-order valence-corrected chi connectivity index (χ4v) is 4.02. The normalized spacial score (nSPS) is 22.9. The molecule has 2 aliphatic rings. The van der Waals surface area contributed by atoms with Gasteiger partial charge in [0.1, 0.15) is 5.75 Å². The number of allylic oxidation sites excluding steroid dienone is 2. The van der Waals surface area contributed by atoms with Crippen LogP contribution in [0.1, 0.15) is 29.5 Å². The average Bonchev–Trinajstić information content (AvgIpc) is 2.81. The lowest BCUT2D eigenvalue weighted by atomic mass is 9.69. The monoisotopic (exact) mass is 290 g/mol. The Balaban J connectivity index is 1.81. The van der Waals surface area contributed by atoms with E-state index in [9.17, 15) is 9.90 Å². The molecule has 0 amide bonds. The number of ketones is 1. The minimum absolute atomic E-state index is 0.00535. The van der Waals surface area contributed by atoms with Gasteiger partial charge >= 0.3 is 0 Å². The van der Waals surface area contributed by atoms with Gasteiger partial charge in [-0.25, -0.2) is 0 Å². The zero-order valence-corrected chi connectivity index (χ0v) is 12.4. The van der Waals surface area contributed by atoms with Crippen LogP contribution in [0.5, 0.6) is 5.75 Å². The Kier molecular flexibility index (Phi) is 2.93. The standard InChI is InChI=1S/C20H18O2/c21-16-6-7-18-15(10-16)13-20(9-8-17(22)11-19(18)20)12-14-4-2-1-3-5-14/h1-7,10-11,21H,8-9,12-13H2. The Morgan fingerprint density at radius 1 is 1.09 bits per heavy atom. The highest BCUT2D eigenvalue weighted by Gasteiger charge is 2.44. The molecule has 1 unspecified atom stereocenters. The van der Waals surface area contributed by atoms with Gasteiger partial charge in [0.2, 0.25) is 0 Å². The molecule has 2 aliphatic carbocycles. The molecule has 1 atom stereocenters. The van der Waals surface area contributed by atoms with Gasteiger partial charge in [0, 0.05) is 11.8 Å². The number of phenolic OH excluding ortho intramolecular Hbond substituents is 1. The second-order valence-electron chi connectivity index (χ2n) is 6.49. The number of carbonyl (C=O) groups excluding carboxylic acids is 1. The molecule has 0 saturated heterocycles. The van der Waals surface area contributed by atoms with Crippen LogP contribution in [0.15, 0.2) is 54.6 Å². The lowest BCUT2D eigenvalue weighted by Gasteiger charge is -2.34. The lowest BCUT2D eigenvalue weighted by Crippen LogP contribution is -2.28. The summed E-state index contributed by atoms with van der Waals surface area (Å²) in [5.41, 5.74) is 4.78. The predicted octanol–water partition coefficient (Wildman–Crippen LogP) is 3.92. The summed E-state index contributed by atoms with van der Waals surface area (Å²) < 4.78 is 0. The number of benzene rings is 2. The second-order valence-corrected chi connectivity index (χ2v) is 6.49. The van der Waals surface area contributed by atoms with Crippen LogP contribution in [0.4, 0.5) is 0 Å². The van der Waals surface area contributed by atoms with E-state index < -0.39 is 0 Å². The quantitative estimate of drug-likeness (QED) is 0.910. The molecule has 110 valence electrons. The zero-order chi connectivity index (χ0) is 15.2. The van der Waals surface area contributed by atoms with Crippen LogP contribution in [0.3, 0.4) is 0 Å². The van der Waals surface area contributed by atoms with Crippen LogP contribution >= 0.6 is 0 Å². The minimum Gasteiger partial charge on any atom is -0.508 e. The molecule has 0 fully saturated rings. The number of phenols is 1. The molecule has 0 saturated carbocycles. The van der Waals surface area contributed by atoms with Crippen molar-refractivity contribution < 1.29 is 9.90 Å². The Bertz CT molecular complexity index is 774. The highest BCUT2D eigenvalue weighted by Crippen LogP contribution is 2.53. The van der Waals surface area contributed by atoms with Gasteiger partial charge in [-0.3, -0.25) is 4.79 Å². The van der Waals surface area contributed by atoms with Gasteiger partial charge in [-0.2, -0.15) is 0 Å². The SMILES string of the molecule is O=C1C=C2c3ccc(O)cc3CC2(Cc2ccccc2)CC1. The number of aromatic hydroxyl groups is 1. The van der Waals surface area contributed by atoms with Crippen LogP contribution in [0.2, 0.25) is 0 Å². The molecule has 1 N–H and O–H groups in total. The topological polar surface area (TPSA) is 37.3 Å². The Morgan fingerprint density at radius 2 is 1.91 bits per heavy atom. The molecule has 0 bridgehead atoms. The van der Waals surface area contributed by atoms with Crippen LogP contribution in [-0.4, -0.2) is 10.9 Å². The van der Waals surface area contributed by atoms with Crippen molar-refractivity contribution in [2.24, 2.45) is 5.41 Å². The lowest BCUT2D eigenvalue weighted by molar-refractivity contribution is -0.115. The van der Waals surface area contributed by atoms with Gasteiger partial charge in [0.15, 0.2) is 5.78 Å². The minimum atomic E-state index is 0.00535. The Labute approximate surface area is 130 Å². The van der Waals surface area contributed by atoms with E-state index in [1.54, 1.807) is 6.07 Å². The molecule has 0 spiro atoms. The van der Waals surface area contributed by atoms with E-state index in [-0.39, 0.29) is 11.2 Å². The van der Waals surface area contributed by atoms with Crippen molar-refractivity contribution in [2.75, 3.05) is 0 Å². The molecule has 0 aliphatic heterocycles. The van der Waals surface area contributed by atoms with Crippen molar-refractivity contribution in [3.63, 3.8) is 0 Å². The van der Waals surface area contributed by atoms with E-state index >= 15 is 0 Å². The van der Waals surface area contributed by atoms with Crippen molar-refractivity contribution in [3.8, 4) is 5.75 Å². The van der Waals surface area contributed by atoms with Crippen LogP contribution in [0.25, 0.3) is 5.57 Å². The summed E-state index contributed by atoms with van der Waals surface area (Å²) in [6.07, 6.45) is 5.21. The van der Waals surface area contributed by atoms with E-state index in [4.69, 9.17) is 0 Å². The summed E-state index contributed by atoms with van der Waals surface area (Å²) in [6, 6.07) is 16.0. The Hall–Kier alpha value is -2.35. The Morgan fingerprint density at radius 3 is 2.73 bits per heavy atom. The van der Waals surface area contributed by atoms with Crippen LogP contribution in [-0.2, 0) is 17.6 Å². The first kappa shape index (κ1) is 13.3. The maximum atomic E-state index is 12.0. The largest absolute Gasteiger partial charge is 0.508 e. The third-order valence-electron chi connectivity index (χ3n) is 5.02. The third-order valence-corrected chi connectivity index (χ3v) is 5.02. The number of hydrogen-bond acceptors (Lipinski definition) is 2. The van der Waals surface area contributed by atoms with Crippen LogP contribution < -0.4 is 0 Å². The highest BCUT2D eigenvalue weighted by atomic mass is 16.3. The second kappa shape index (κ2) is 4.84. The molecule has 2 heteroatoms. The maximum absolute atomic E-state index is 12.0. The third kappa shape index (κ3) is 2.07. The first-order chi connectivity index (χ1) is 10.7. The molecule has 0 aromatic heterocycles. The van der Waals surface area contributed by atoms with Crippen molar-refractivity contribution in [2.45, 2.75) is 25.7 Å². The van der Waals surface area contributed by atoms with Gasteiger partial charge in [0.25, 0.3) is 0 Å². The van der Waals surface area contributed by atoms with Crippen molar-refractivity contribution >= 4 is 11.4 Å². The molecule has 4 rings (SSSR count). The van der Waals surface area contributed by atoms with E-state index in [0.29, 0.717) is 12.2 Å². The zero-order valence-electron chi connectivity index (χ0n) is 12.4. The summed E-state index contributed by atoms with van der Waals surface area (Å²) in [5, 5.41) is 9.77. The smallest absolute Gasteiger partial charge is 0.156 e. The average molecular weight is 290 g/mol. The van der Waals surface area contributed by atoms with Gasteiger partial charge in [-0.05, 0) is 59.7 Å². The van der Waals surface area contributed by atoms with Crippen molar-refractivity contribution in [1.29, 1.82) is 0 Å². The molecular weight excluding hydrogens is 272 g/mol. The molecule has 0 heterocycles. The number of fused-ring (bicyclic) bond motifs is 3. The summed E-state index contributed by atoms with van der Waals surface area (Å²) in [5.74, 6) is 0.527. The van der Waals surface area contributed by atoms with Gasteiger partial charge in [0.05, 0.1) is 0 Å². The summed E-state index contributed by atoms with van der Waals surface area (Å²) in [6.45, 7) is 0. The molecule has 2 aromatic carbocycles. The molecule has 0 radical (unpaired) electrons. The van der Waals surface area contributed by atoms with E-state index in [1.165, 1.54) is 11.1 Å². The first-order valence-corrected chi connectivity index (χ1v) is 7.78. The van der Waals surface area contributed by atoms with Gasteiger partial charge in [-0.1, -0.05) is 36.4 Å². The summed E-state index contributed by atoms with van der Waals surface area (Å²) in [7, 11) is 0. The summed E-state index contributed by atoms with van der Waals surface area (Å²) >= 11 is 0. The number of hydrogen-bond donors (Lipinski definition) is 1. The highest BCUT2D eigenvalue weighted by molar-refractivity contribution is 6.01. The maximum Gasteiger partial charge on any atom is 0.156 e. The van der Waals surface area contributed by atoms with Gasteiger partial charge in [-0.15, -0.1) is 0 Å². The number of rotatable bonds is 2. The molecule has 22 heavy (non-hydrogen) atoms. The fourth-order valence-electron chi connectivity index (χ4n) is 4.02. The fraction of sp³-hybridized carbons (Fsp3) is 0.250. The van der Waals surface area contributed by atoms with Crippen molar-refractivity contribution in [3.05, 3.63) is 71.3 Å². The number of carbonyl (C=O) groups is 1. The van der Waals surface area contributed by atoms with E-state index in [0.717, 1.165) is 30.4 Å². The summed E-state index contributed by atoms with van der Waals surface area (Å²) in [4.78, 5) is 12.0. The van der Waals surface area contributed by atoms with Gasteiger partial charge < -0.3 is 5.11 Å². The van der Waals surface area contributed by atoms with E-state index in [2.05, 4.69) is 24.3 Å². The van der Waals surface area contributed by atoms with Crippen molar-refractivity contribution in [1.82, 2.24) is 0 Å². The molecule has 2 aromatic rings. The van der Waals surface area contributed by atoms with Crippen LogP contribution in [0, 0.1) is 5.41 Å². The predicted molar refractivity (Wildman–Crippen MR) is 86.6 cm³/mol.